The molecule has 0 bridgehead atoms. The number of carbonyl (C=O) groups is 2. The third kappa shape index (κ3) is 3.95. The summed E-state index contributed by atoms with van der Waals surface area (Å²) < 4.78 is 11.0. The van der Waals surface area contributed by atoms with Crippen LogP contribution in [0.2, 0.25) is 0 Å². The van der Waals surface area contributed by atoms with Gasteiger partial charge in [0.2, 0.25) is 0 Å². The first-order chi connectivity index (χ1) is 12.2. The van der Waals surface area contributed by atoms with Crippen molar-refractivity contribution < 1.29 is 24.2 Å². The van der Waals surface area contributed by atoms with Crippen LogP contribution in [0.25, 0.3) is 0 Å². The lowest BCUT2D eigenvalue weighted by Crippen LogP contribution is -2.36. The molecule has 0 aliphatic heterocycles. The fourth-order valence-corrected chi connectivity index (χ4v) is 2.67. The van der Waals surface area contributed by atoms with Crippen molar-refractivity contribution in [2.75, 3.05) is 6.61 Å². The second-order valence-electron chi connectivity index (χ2n) is 5.70. The molecule has 1 N–H and O–H groups in total. The minimum atomic E-state index is -0.759. The van der Waals surface area contributed by atoms with Gasteiger partial charge in [-0.05, 0) is 30.3 Å². The van der Waals surface area contributed by atoms with E-state index in [0.717, 1.165) is 0 Å². The van der Waals surface area contributed by atoms with E-state index in [-0.39, 0.29) is 6.61 Å². The van der Waals surface area contributed by atoms with E-state index in [9.17, 15) is 14.7 Å². The van der Waals surface area contributed by atoms with Crippen LogP contribution in [0.1, 0.15) is 20.7 Å². The number of hydrogen-bond donors (Lipinski definition) is 1. The second-order valence-corrected chi connectivity index (χ2v) is 5.70. The minimum Gasteiger partial charge on any atom is -0.454 e. The highest BCUT2D eigenvalue weighted by molar-refractivity contribution is 5.90. The zero-order chi connectivity index (χ0) is 17.6. The summed E-state index contributed by atoms with van der Waals surface area (Å²) in [5.74, 6) is -1.44. The molecule has 2 aromatic carbocycles. The van der Waals surface area contributed by atoms with Gasteiger partial charge in [-0.25, -0.2) is 9.59 Å². The van der Waals surface area contributed by atoms with Gasteiger partial charge in [-0.3, -0.25) is 0 Å². The molecule has 0 radical (unpaired) electrons. The maximum Gasteiger partial charge on any atom is 0.338 e. The van der Waals surface area contributed by atoms with Gasteiger partial charge in [0.05, 0.1) is 17.7 Å². The van der Waals surface area contributed by atoms with Gasteiger partial charge in [-0.1, -0.05) is 42.5 Å². The van der Waals surface area contributed by atoms with Gasteiger partial charge in [0, 0.05) is 5.92 Å². The van der Waals surface area contributed by atoms with Gasteiger partial charge in [-0.15, -0.1) is 0 Å². The summed E-state index contributed by atoms with van der Waals surface area (Å²) in [5, 5.41) is 9.51. The van der Waals surface area contributed by atoms with Crippen molar-refractivity contribution in [2.24, 2.45) is 5.92 Å². The first-order valence-electron chi connectivity index (χ1n) is 8.00. The predicted octanol–water partition coefficient (Wildman–Crippen LogP) is 2.62. The highest BCUT2D eigenvalue weighted by Crippen LogP contribution is 2.26. The highest BCUT2D eigenvalue weighted by Gasteiger charge is 2.37. The zero-order valence-electron chi connectivity index (χ0n) is 13.4. The van der Waals surface area contributed by atoms with E-state index in [2.05, 4.69) is 0 Å². The van der Waals surface area contributed by atoms with Crippen molar-refractivity contribution in [2.45, 2.75) is 12.2 Å². The quantitative estimate of drug-likeness (QED) is 0.670. The Bertz CT molecular complexity index is 754. The molecule has 1 aliphatic carbocycles. The van der Waals surface area contributed by atoms with Crippen LogP contribution in [-0.4, -0.2) is 35.9 Å². The molecular formula is C20H18O5. The zero-order valence-corrected chi connectivity index (χ0v) is 13.4. The van der Waals surface area contributed by atoms with Crippen LogP contribution < -0.4 is 0 Å². The maximum atomic E-state index is 12.3. The van der Waals surface area contributed by atoms with Gasteiger partial charge in [0.1, 0.15) is 0 Å². The maximum absolute atomic E-state index is 12.3. The summed E-state index contributed by atoms with van der Waals surface area (Å²) in [7, 11) is 0. The lowest BCUT2D eigenvalue weighted by molar-refractivity contribution is -0.0340. The smallest absolute Gasteiger partial charge is 0.338 e. The number of aliphatic hydroxyl groups excluding tert-OH is 1. The largest absolute Gasteiger partial charge is 0.454 e. The third-order valence-electron chi connectivity index (χ3n) is 4.01. The predicted molar refractivity (Wildman–Crippen MR) is 91.0 cm³/mol. The van der Waals surface area contributed by atoms with Crippen molar-refractivity contribution in [3.63, 3.8) is 0 Å². The fraction of sp³-hybridized carbons (Fsp3) is 0.200. The Morgan fingerprint density at radius 2 is 1.32 bits per heavy atom. The number of benzene rings is 2. The third-order valence-corrected chi connectivity index (χ3v) is 4.01. The van der Waals surface area contributed by atoms with E-state index in [1.54, 1.807) is 72.8 Å². The van der Waals surface area contributed by atoms with Gasteiger partial charge < -0.3 is 14.6 Å². The SMILES string of the molecule is O=C(O[C@@H]1[C@@H](CO)C=C[C@H]1OC(=O)c1ccccc1)c1ccccc1. The van der Waals surface area contributed by atoms with E-state index >= 15 is 0 Å². The Balaban J connectivity index is 1.71. The van der Waals surface area contributed by atoms with Crippen molar-refractivity contribution in [3.05, 3.63) is 83.9 Å². The lowest BCUT2D eigenvalue weighted by Gasteiger charge is -2.24. The summed E-state index contributed by atoms with van der Waals surface area (Å²) >= 11 is 0. The normalized spacial score (nSPS) is 21.7. The molecule has 3 atom stereocenters. The number of aliphatic hydroxyl groups is 1. The topological polar surface area (TPSA) is 72.8 Å². The Morgan fingerprint density at radius 1 is 0.800 bits per heavy atom. The number of rotatable bonds is 5. The first-order valence-corrected chi connectivity index (χ1v) is 8.00. The van der Waals surface area contributed by atoms with Gasteiger partial charge in [0.15, 0.2) is 12.2 Å². The lowest BCUT2D eigenvalue weighted by atomic mass is 10.1. The van der Waals surface area contributed by atoms with Crippen LogP contribution >= 0.6 is 0 Å². The second kappa shape index (κ2) is 7.77. The molecule has 0 aromatic heterocycles. The fourth-order valence-electron chi connectivity index (χ4n) is 2.67. The van der Waals surface area contributed by atoms with Gasteiger partial charge >= 0.3 is 11.9 Å². The molecule has 0 saturated heterocycles. The molecule has 0 fully saturated rings. The number of hydrogen-bond acceptors (Lipinski definition) is 5. The van der Waals surface area contributed by atoms with Crippen LogP contribution in [0.5, 0.6) is 0 Å². The number of esters is 2. The molecule has 5 nitrogen and oxygen atoms in total. The molecule has 1 aliphatic rings. The molecule has 2 aromatic rings. The Labute approximate surface area is 145 Å². The van der Waals surface area contributed by atoms with E-state index in [0.29, 0.717) is 11.1 Å². The molecule has 0 unspecified atom stereocenters. The van der Waals surface area contributed by atoms with Gasteiger partial charge in [-0.2, -0.15) is 0 Å². The van der Waals surface area contributed by atoms with Crippen molar-refractivity contribution >= 4 is 11.9 Å². The molecule has 0 saturated carbocycles. The van der Waals surface area contributed by atoms with E-state index in [4.69, 9.17) is 9.47 Å². The van der Waals surface area contributed by atoms with Crippen molar-refractivity contribution in [3.8, 4) is 0 Å². The minimum absolute atomic E-state index is 0.206. The molecule has 128 valence electrons. The van der Waals surface area contributed by atoms with Crippen LogP contribution in [0.3, 0.4) is 0 Å². The van der Waals surface area contributed by atoms with Crippen molar-refractivity contribution in [1.82, 2.24) is 0 Å². The van der Waals surface area contributed by atoms with Crippen LogP contribution in [-0.2, 0) is 9.47 Å². The summed E-state index contributed by atoms with van der Waals surface area (Å²) in [5.41, 5.74) is 0.815. The highest BCUT2D eigenvalue weighted by atomic mass is 16.6. The van der Waals surface area contributed by atoms with Crippen LogP contribution in [0.15, 0.2) is 72.8 Å². The Hall–Kier alpha value is -2.92. The number of ether oxygens (including phenoxy) is 2. The van der Waals surface area contributed by atoms with Crippen molar-refractivity contribution in [1.29, 1.82) is 0 Å². The van der Waals surface area contributed by atoms with E-state index < -0.39 is 30.1 Å². The molecule has 0 heterocycles. The average molecular weight is 338 g/mol. The number of carbonyl (C=O) groups excluding carboxylic acids is 2. The summed E-state index contributed by atoms with van der Waals surface area (Å²) in [4.78, 5) is 24.5. The molecular weight excluding hydrogens is 320 g/mol. The first kappa shape index (κ1) is 16.9. The van der Waals surface area contributed by atoms with Crippen LogP contribution in [0, 0.1) is 5.92 Å². The Morgan fingerprint density at radius 3 is 1.84 bits per heavy atom. The van der Waals surface area contributed by atoms with Crippen LogP contribution in [0.4, 0.5) is 0 Å². The summed E-state index contributed by atoms with van der Waals surface area (Å²) in [6.07, 6.45) is 1.85. The summed E-state index contributed by atoms with van der Waals surface area (Å²) in [6.45, 7) is -0.206. The molecule has 0 amide bonds. The molecule has 25 heavy (non-hydrogen) atoms. The molecule has 3 rings (SSSR count). The van der Waals surface area contributed by atoms with E-state index in [1.165, 1.54) is 0 Å². The Kier molecular flexibility index (Phi) is 5.26. The monoisotopic (exact) mass is 338 g/mol. The molecule has 5 heteroatoms. The van der Waals surface area contributed by atoms with E-state index in [1.807, 2.05) is 0 Å². The standard InChI is InChI=1S/C20H18O5/c21-13-16-11-12-17(24-19(22)14-7-3-1-4-8-14)18(16)25-20(23)15-9-5-2-6-10-15/h1-12,16-18,21H,13H2/t16-,17-,18-/m1/s1. The van der Waals surface area contributed by atoms with Gasteiger partial charge in [0.25, 0.3) is 0 Å². The summed E-state index contributed by atoms with van der Waals surface area (Å²) in [6, 6.07) is 17.1. The molecule has 0 spiro atoms. The average Bonchev–Trinajstić information content (AvgIpc) is 3.04.